The van der Waals surface area contributed by atoms with Gasteiger partial charge < -0.3 is 14.9 Å². The topological polar surface area (TPSA) is 66.8 Å². The molecule has 4 heteroatoms. The summed E-state index contributed by atoms with van der Waals surface area (Å²) in [5.41, 5.74) is 0. The van der Waals surface area contributed by atoms with E-state index in [1.807, 2.05) is 0 Å². The molecule has 0 aromatic carbocycles. The molecule has 1 heterocycles. The Bertz CT molecular complexity index is 318. The third kappa shape index (κ3) is 3.80. The quantitative estimate of drug-likeness (QED) is 0.734. The van der Waals surface area contributed by atoms with Crippen molar-refractivity contribution in [3.05, 3.63) is 0 Å². The van der Waals surface area contributed by atoms with E-state index in [0.717, 1.165) is 32.1 Å². The van der Waals surface area contributed by atoms with Crippen LogP contribution in [0.4, 0.5) is 0 Å². The van der Waals surface area contributed by atoms with Crippen LogP contribution in [0.2, 0.25) is 0 Å². The molecular formula is C16H28O4. The molecule has 20 heavy (non-hydrogen) atoms. The van der Waals surface area contributed by atoms with E-state index in [-0.39, 0.29) is 23.9 Å². The van der Waals surface area contributed by atoms with Crippen LogP contribution in [0.25, 0.3) is 0 Å². The Morgan fingerprint density at radius 2 is 2.05 bits per heavy atom. The van der Waals surface area contributed by atoms with Crippen molar-refractivity contribution in [1.29, 1.82) is 0 Å². The van der Waals surface area contributed by atoms with Gasteiger partial charge in [-0.3, -0.25) is 4.79 Å². The third-order valence-corrected chi connectivity index (χ3v) is 4.75. The fraction of sp³-hybridized carbons (Fsp3) is 0.938. The van der Waals surface area contributed by atoms with Crippen LogP contribution < -0.4 is 0 Å². The maximum Gasteiger partial charge on any atom is 0.138 e. The summed E-state index contributed by atoms with van der Waals surface area (Å²) in [5, 5.41) is 20.2. The number of Topliss-reactive ketones (excluding diaryl/α,β-unsaturated/α-hetero) is 1. The highest BCUT2D eigenvalue weighted by Crippen LogP contribution is 2.35. The lowest BCUT2D eigenvalue weighted by molar-refractivity contribution is -0.182. The second-order valence-electron chi connectivity index (χ2n) is 6.31. The molecule has 4 nitrogen and oxygen atoms in total. The average molecular weight is 284 g/mol. The summed E-state index contributed by atoms with van der Waals surface area (Å²) in [6.07, 6.45) is 6.15. The lowest BCUT2D eigenvalue weighted by Crippen LogP contribution is -2.51. The monoisotopic (exact) mass is 284 g/mol. The first-order valence-electron chi connectivity index (χ1n) is 8.17. The number of hydrogen-bond acceptors (Lipinski definition) is 4. The number of fused-ring (bicyclic) bond motifs is 1. The van der Waals surface area contributed by atoms with Crippen molar-refractivity contribution < 1.29 is 19.7 Å². The van der Waals surface area contributed by atoms with Gasteiger partial charge in [0.05, 0.1) is 24.4 Å². The van der Waals surface area contributed by atoms with Crippen LogP contribution in [0.5, 0.6) is 0 Å². The molecule has 0 radical (unpaired) electrons. The number of ketones is 1. The number of unbranched alkanes of at least 4 members (excludes halogenated alkanes) is 3. The number of aliphatic hydroxyl groups is 2. The highest BCUT2D eigenvalue weighted by molar-refractivity contribution is 5.82. The van der Waals surface area contributed by atoms with E-state index < -0.39 is 12.2 Å². The molecule has 2 N–H and O–H groups in total. The Hall–Kier alpha value is -0.450. The maximum absolute atomic E-state index is 11.8. The van der Waals surface area contributed by atoms with Crippen LogP contribution in [-0.2, 0) is 9.53 Å². The van der Waals surface area contributed by atoms with Gasteiger partial charge in [0.15, 0.2) is 0 Å². The van der Waals surface area contributed by atoms with Crippen molar-refractivity contribution in [3.8, 4) is 0 Å². The van der Waals surface area contributed by atoms with Crippen molar-refractivity contribution >= 4 is 5.78 Å². The summed E-state index contributed by atoms with van der Waals surface area (Å²) in [4.78, 5) is 11.8. The van der Waals surface area contributed by atoms with Gasteiger partial charge in [-0.2, -0.15) is 0 Å². The van der Waals surface area contributed by atoms with Crippen LogP contribution in [0, 0.1) is 5.92 Å². The molecule has 0 aromatic rings. The van der Waals surface area contributed by atoms with E-state index in [0.29, 0.717) is 12.8 Å². The second kappa shape index (κ2) is 7.53. The minimum Gasteiger partial charge on any atom is -0.390 e. The molecule has 5 atom stereocenters. The molecule has 116 valence electrons. The first-order chi connectivity index (χ1) is 9.63. The second-order valence-corrected chi connectivity index (χ2v) is 6.31. The average Bonchev–Trinajstić information content (AvgIpc) is 2.47. The number of aliphatic hydroxyl groups excluding tert-OH is 2. The summed E-state index contributed by atoms with van der Waals surface area (Å²) in [5.74, 6) is 0.0680. The Morgan fingerprint density at radius 3 is 2.80 bits per heavy atom. The van der Waals surface area contributed by atoms with Gasteiger partial charge in [0, 0.05) is 12.3 Å². The first kappa shape index (κ1) is 15.9. The molecule has 0 bridgehead atoms. The van der Waals surface area contributed by atoms with Crippen LogP contribution in [-0.4, -0.2) is 40.4 Å². The molecular weight excluding hydrogens is 256 g/mol. The molecule has 1 aliphatic carbocycles. The van der Waals surface area contributed by atoms with Gasteiger partial charge in [-0.05, 0) is 25.7 Å². The molecule has 1 aliphatic heterocycles. The van der Waals surface area contributed by atoms with Gasteiger partial charge in [0.2, 0.25) is 0 Å². The molecule has 2 rings (SSSR count). The molecule has 1 saturated carbocycles. The summed E-state index contributed by atoms with van der Waals surface area (Å²) < 4.78 is 5.87. The minimum atomic E-state index is -0.548. The van der Waals surface area contributed by atoms with E-state index in [1.165, 1.54) is 12.8 Å². The van der Waals surface area contributed by atoms with Crippen molar-refractivity contribution in [2.24, 2.45) is 5.92 Å². The third-order valence-electron chi connectivity index (χ3n) is 4.75. The largest absolute Gasteiger partial charge is 0.390 e. The normalized spacial score (nSPS) is 35.6. The highest BCUT2D eigenvalue weighted by atomic mass is 16.5. The molecule has 5 unspecified atom stereocenters. The lowest BCUT2D eigenvalue weighted by Gasteiger charge is -2.42. The smallest absolute Gasteiger partial charge is 0.138 e. The van der Waals surface area contributed by atoms with Gasteiger partial charge in [-0.1, -0.05) is 32.6 Å². The summed E-state index contributed by atoms with van der Waals surface area (Å²) in [6.45, 7) is 2.17. The highest BCUT2D eigenvalue weighted by Gasteiger charge is 2.44. The fourth-order valence-electron chi connectivity index (χ4n) is 3.46. The number of hydrogen-bond donors (Lipinski definition) is 2. The van der Waals surface area contributed by atoms with Gasteiger partial charge in [0.25, 0.3) is 0 Å². The van der Waals surface area contributed by atoms with Crippen molar-refractivity contribution in [1.82, 2.24) is 0 Å². The summed E-state index contributed by atoms with van der Waals surface area (Å²) >= 11 is 0. The summed E-state index contributed by atoms with van der Waals surface area (Å²) in [7, 11) is 0. The molecule has 1 saturated heterocycles. The van der Waals surface area contributed by atoms with Crippen molar-refractivity contribution in [2.45, 2.75) is 89.1 Å². The van der Waals surface area contributed by atoms with E-state index in [4.69, 9.17) is 4.74 Å². The molecule has 2 aliphatic rings. The number of carbonyl (C=O) groups excluding carboxylic acids is 1. The fourth-order valence-corrected chi connectivity index (χ4v) is 3.46. The SMILES string of the molecule is CCCCCCC(O)C1CCC2C(=O)CCC(O)C2O1. The van der Waals surface area contributed by atoms with Crippen LogP contribution in [0.3, 0.4) is 0 Å². The van der Waals surface area contributed by atoms with Crippen LogP contribution >= 0.6 is 0 Å². The van der Waals surface area contributed by atoms with Gasteiger partial charge >= 0.3 is 0 Å². The van der Waals surface area contributed by atoms with Gasteiger partial charge in [-0.15, -0.1) is 0 Å². The first-order valence-corrected chi connectivity index (χ1v) is 8.17. The maximum atomic E-state index is 11.8. The molecule has 0 amide bonds. The van der Waals surface area contributed by atoms with Crippen molar-refractivity contribution in [2.75, 3.05) is 0 Å². The molecule has 2 fully saturated rings. The van der Waals surface area contributed by atoms with E-state index in [1.54, 1.807) is 0 Å². The van der Waals surface area contributed by atoms with E-state index >= 15 is 0 Å². The zero-order valence-corrected chi connectivity index (χ0v) is 12.5. The Balaban J connectivity index is 1.81. The van der Waals surface area contributed by atoms with Gasteiger partial charge in [0.1, 0.15) is 5.78 Å². The van der Waals surface area contributed by atoms with Crippen LogP contribution in [0.1, 0.15) is 64.7 Å². The predicted molar refractivity (Wildman–Crippen MR) is 76.4 cm³/mol. The summed E-state index contributed by atoms with van der Waals surface area (Å²) in [6, 6.07) is 0. The molecule has 0 spiro atoms. The van der Waals surface area contributed by atoms with E-state index in [9.17, 15) is 15.0 Å². The number of rotatable bonds is 6. The Labute approximate surface area is 121 Å². The predicted octanol–water partition coefficient (Wildman–Crippen LogP) is 2.21. The zero-order chi connectivity index (χ0) is 14.5. The number of carbonyl (C=O) groups is 1. The van der Waals surface area contributed by atoms with Crippen molar-refractivity contribution in [3.63, 3.8) is 0 Å². The molecule has 0 aromatic heterocycles. The zero-order valence-electron chi connectivity index (χ0n) is 12.5. The lowest BCUT2D eigenvalue weighted by atomic mass is 9.77. The van der Waals surface area contributed by atoms with Gasteiger partial charge in [-0.25, -0.2) is 0 Å². The number of ether oxygens (including phenoxy) is 1. The Morgan fingerprint density at radius 1 is 1.25 bits per heavy atom. The Kier molecular flexibility index (Phi) is 6.00. The minimum absolute atomic E-state index is 0.151. The van der Waals surface area contributed by atoms with E-state index in [2.05, 4.69) is 6.92 Å². The standard InChI is InChI=1S/C16H28O4/c1-2-3-4-5-6-13(18)15-10-7-11-12(17)8-9-14(19)16(11)20-15/h11,13-16,18-19H,2-10H2,1H3. The van der Waals surface area contributed by atoms with Crippen LogP contribution in [0.15, 0.2) is 0 Å².